The highest BCUT2D eigenvalue weighted by molar-refractivity contribution is 4.83. The van der Waals surface area contributed by atoms with Crippen LogP contribution in [0.2, 0.25) is 0 Å². The van der Waals surface area contributed by atoms with E-state index in [2.05, 4.69) is 32.7 Å². The molecule has 0 radical (unpaired) electrons. The van der Waals surface area contributed by atoms with Gasteiger partial charge in [-0.1, -0.05) is 39.5 Å². The molecule has 1 aliphatic carbocycles. The van der Waals surface area contributed by atoms with Gasteiger partial charge in [0.15, 0.2) is 0 Å². The maximum Gasteiger partial charge on any atom is 0.0246 e. The summed E-state index contributed by atoms with van der Waals surface area (Å²) >= 11 is 0. The Morgan fingerprint density at radius 1 is 1.06 bits per heavy atom. The molecule has 0 aliphatic heterocycles. The monoisotopic (exact) mass is 254 g/mol. The number of nitrogens with zero attached hydrogens (tertiary/aromatic N) is 1. The number of nitrogens with two attached hydrogens (primary N) is 1. The van der Waals surface area contributed by atoms with E-state index in [1.807, 2.05) is 0 Å². The molecule has 0 aromatic rings. The lowest BCUT2D eigenvalue weighted by atomic mass is 9.89. The van der Waals surface area contributed by atoms with Gasteiger partial charge in [-0.25, -0.2) is 0 Å². The highest BCUT2D eigenvalue weighted by Crippen LogP contribution is 2.28. The number of likely N-dealkylation sites (N-methyl/N-ethyl adjacent to an activating group) is 1. The molecule has 1 fully saturated rings. The van der Waals surface area contributed by atoms with E-state index in [1.165, 1.54) is 44.9 Å². The van der Waals surface area contributed by atoms with Gasteiger partial charge in [0.05, 0.1) is 0 Å². The lowest BCUT2D eigenvalue weighted by Gasteiger charge is -2.38. The first kappa shape index (κ1) is 16.0. The molecule has 0 aromatic carbocycles. The van der Waals surface area contributed by atoms with Gasteiger partial charge in [0.25, 0.3) is 0 Å². The SMILES string of the molecule is CC(C)CC(C)N(C)C(CN)C1CCCCCC1. The Morgan fingerprint density at radius 2 is 1.61 bits per heavy atom. The van der Waals surface area contributed by atoms with Gasteiger partial charge >= 0.3 is 0 Å². The van der Waals surface area contributed by atoms with Crippen molar-refractivity contribution in [2.45, 2.75) is 77.8 Å². The fourth-order valence-corrected chi connectivity index (χ4v) is 3.56. The summed E-state index contributed by atoms with van der Waals surface area (Å²) < 4.78 is 0. The Balaban J connectivity index is 2.56. The maximum atomic E-state index is 6.08. The maximum absolute atomic E-state index is 6.08. The Morgan fingerprint density at radius 3 is 2.06 bits per heavy atom. The van der Waals surface area contributed by atoms with Crippen molar-refractivity contribution in [1.82, 2.24) is 4.90 Å². The molecule has 0 bridgehead atoms. The number of rotatable bonds is 6. The Labute approximate surface area is 114 Å². The van der Waals surface area contributed by atoms with Gasteiger partial charge in [0, 0.05) is 18.6 Å². The van der Waals surface area contributed by atoms with Crippen molar-refractivity contribution in [2.75, 3.05) is 13.6 Å². The molecule has 2 atom stereocenters. The van der Waals surface area contributed by atoms with Crippen molar-refractivity contribution < 1.29 is 0 Å². The highest BCUT2D eigenvalue weighted by atomic mass is 15.2. The predicted octanol–water partition coefficient (Wildman–Crippen LogP) is 3.65. The van der Waals surface area contributed by atoms with E-state index in [0.717, 1.165) is 18.4 Å². The largest absolute Gasteiger partial charge is 0.329 e. The summed E-state index contributed by atoms with van der Waals surface area (Å²) in [4.78, 5) is 2.57. The van der Waals surface area contributed by atoms with Crippen LogP contribution < -0.4 is 5.73 Å². The molecule has 2 N–H and O–H groups in total. The first-order valence-electron chi connectivity index (χ1n) is 7.98. The third-order valence-corrected chi connectivity index (χ3v) is 4.72. The zero-order valence-corrected chi connectivity index (χ0v) is 13.0. The fraction of sp³-hybridized carbons (Fsp3) is 1.00. The lowest BCUT2D eigenvalue weighted by Crippen LogP contribution is -2.47. The smallest absolute Gasteiger partial charge is 0.0246 e. The van der Waals surface area contributed by atoms with Crippen molar-refractivity contribution in [2.24, 2.45) is 17.6 Å². The molecule has 108 valence electrons. The lowest BCUT2D eigenvalue weighted by molar-refractivity contribution is 0.114. The van der Waals surface area contributed by atoms with E-state index in [0.29, 0.717) is 12.1 Å². The second kappa shape index (κ2) is 8.16. The van der Waals surface area contributed by atoms with Crippen molar-refractivity contribution >= 4 is 0 Å². The minimum Gasteiger partial charge on any atom is -0.329 e. The molecular weight excluding hydrogens is 220 g/mol. The van der Waals surface area contributed by atoms with Gasteiger partial charge in [0.1, 0.15) is 0 Å². The quantitative estimate of drug-likeness (QED) is 0.733. The van der Waals surface area contributed by atoms with Crippen LogP contribution in [0.4, 0.5) is 0 Å². The third-order valence-electron chi connectivity index (χ3n) is 4.72. The summed E-state index contributed by atoms with van der Waals surface area (Å²) in [5, 5.41) is 0. The van der Waals surface area contributed by atoms with E-state index in [4.69, 9.17) is 5.73 Å². The normalized spacial score (nSPS) is 22.2. The van der Waals surface area contributed by atoms with Gasteiger partial charge in [-0.15, -0.1) is 0 Å². The van der Waals surface area contributed by atoms with Gasteiger partial charge in [-0.3, -0.25) is 4.90 Å². The summed E-state index contributed by atoms with van der Waals surface area (Å²) in [6.07, 6.45) is 9.74. The molecule has 18 heavy (non-hydrogen) atoms. The van der Waals surface area contributed by atoms with Crippen LogP contribution in [0.5, 0.6) is 0 Å². The molecule has 0 saturated heterocycles. The Kier molecular flexibility index (Phi) is 7.25. The van der Waals surface area contributed by atoms with Gasteiger partial charge < -0.3 is 5.73 Å². The minimum absolute atomic E-state index is 0.594. The average Bonchev–Trinajstić information content (AvgIpc) is 2.58. The second-order valence-corrected chi connectivity index (χ2v) is 6.70. The van der Waals surface area contributed by atoms with Crippen LogP contribution in [0.25, 0.3) is 0 Å². The first-order chi connectivity index (χ1) is 8.56. The van der Waals surface area contributed by atoms with Crippen LogP contribution in [0, 0.1) is 11.8 Å². The highest BCUT2D eigenvalue weighted by Gasteiger charge is 2.27. The fourth-order valence-electron chi connectivity index (χ4n) is 3.56. The standard InChI is InChI=1S/C16H34N2/c1-13(2)11-14(3)18(4)16(12-17)15-9-7-5-6-8-10-15/h13-16H,5-12,17H2,1-4H3. The summed E-state index contributed by atoms with van der Waals surface area (Å²) in [6, 6.07) is 1.25. The van der Waals surface area contributed by atoms with Gasteiger partial charge in [-0.2, -0.15) is 0 Å². The van der Waals surface area contributed by atoms with Crippen LogP contribution in [0.15, 0.2) is 0 Å². The van der Waals surface area contributed by atoms with Gasteiger partial charge in [-0.05, 0) is 45.1 Å². The molecule has 1 saturated carbocycles. The molecule has 0 amide bonds. The first-order valence-corrected chi connectivity index (χ1v) is 7.98. The van der Waals surface area contributed by atoms with E-state index in [9.17, 15) is 0 Å². The molecule has 2 unspecified atom stereocenters. The second-order valence-electron chi connectivity index (χ2n) is 6.70. The predicted molar refractivity (Wildman–Crippen MR) is 80.7 cm³/mol. The zero-order chi connectivity index (χ0) is 13.5. The van der Waals surface area contributed by atoms with E-state index < -0.39 is 0 Å². The summed E-state index contributed by atoms with van der Waals surface area (Å²) in [5.74, 6) is 1.60. The number of hydrogen-bond donors (Lipinski definition) is 1. The molecule has 0 heterocycles. The molecule has 1 rings (SSSR count). The van der Waals surface area contributed by atoms with E-state index in [-0.39, 0.29) is 0 Å². The molecule has 0 spiro atoms. The van der Waals surface area contributed by atoms with Gasteiger partial charge in [0.2, 0.25) is 0 Å². The van der Waals surface area contributed by atoms with Crippen LogP contribution in [0.1, 0.15) is 65.7 Å². The molecule has 2 heteroatoms. The van der Waals surface area contributed by atoms with Crippen molar-refractivity contribution in [1.29, 1.82) is 0 Å². The molecule has 2 nitrogen and oxygen atoms in total. The van der Waals surface area contributed by atoms with Crippen LogP contribution in [-0.2, 0) is 0 Å². The molecule has 0 aromatic heterocycles. The Bertz CT molecular complexity index is 207. The third kappa shape index (κ3) is 4.89. The van der Waals surface area contributed by atoms with Crippen molar-refractivity contribution in [3.8, 4) is 0 Å². The van der Waals surface area contributed by atoms with E-state index in [1.54, 1.807) is 0 Å². The summed E-state index contributed by atoms with van der Waals surface area (Å²) in [7, 11) is 2.29. The van der Waals surface area contributed by atoms with E-state index >= 15 is 0 Å². The summed E-state index contributed by atoms with van der Waals surface area (Å²) in [6.45, 7) is 7.81. The average molecular weight is 254 g/mol. The van der Waals surface area contributed by atoms with Crippen LogP contribution in [0.3, 0.4) is 0 Å². The van der Waals surface area contributed by atoms with Crippen LogP contribution in [-0.4, -0.2) is 30.6 Å². The zero-order valence-electron chi connectivity index (χ0n) is 13.0. The summed E-state index contributed by atoms with van der Waals surface area (Å²) in [5.41, 5.74) is 6.08. The Hall–Kier alpha value is -0.0800. The molecule has 1 aliphatic rings. The topological polar surface area (TPSA) is 29.3 Å². The van der Waals surface area contributed by atoms with Crippen molar-refractivity contribution in [3.05, 3.63) is 0 Å². The number of hydrogen-bond acceptors (Lipinski definition) is 2. The van der Waals surface area contributed by atoms with Crippen LogP contribution >= 0.6 is 0 Å². The minimum atomic E-state index is 0.594. The molecular formula is C16H34N2. The van der Waals surface area contributed by atoms with Crippen molar-refractivity contribution in [3.63, 3.8) is 0 Å².